The zero-order valence-electron chi connectivity index (χ0n) is 17.7. The molecular formula is C23H30N2O4S. The zero-order chi connectivity index (χ0) is 20.9. The van der Waals surface area contributed by atoms with Crippen LogP contribution in [0.15, 0.2) is 23.6 Å². The van der Waals surface area contributed by atoms with Crippen LogP contribution in [0.1, 0.15) is 45.2 Å². The van der Waals surface area contributed by atoms with Crippen LogP contribution in [0.2, 0.25) is 0 Å². The first-order chi connectivity index (χ1) is 14.7. The van der Waals surface area contributed by atoms with Crippen molar-refractivity contribution in [2.45, 2.75) is 31.7 Å². The lowest BCUT2D eigenvalue weighted by atomic mass is 9.95. The summed E-state index contributed by atoms with van der Waals surface area (Å²) in [6, 6.07) is 6.04. The van der Waals surface area contributed by atoms with Crippen LogP contribution in [0.5, 0.6) is 11.5 Å². The number of fused-ring (bicyclic) bond motifs is 1. The average Bonchev–Trinajstić information content (AvgIpc) is 3.24. The number of ether oxygens (including phenoxy) is 3. The van der Waals surface area contributed by atoms with Gasteiger partial charge in [-0.15, -0.1) is 11.3 Å². The third-order valence-corrected chi connectivity index (χ3v) is 7.13. The predicted molar refractivity (Wildman–Crippen MR) is 118 cm³/mol. The van der Waals surface area contributed by atoms with Crippen molar-refractivity contribution < 1.29 is 19.0 Å². The van der Waals surface area contributed by atoms with Gasteiger partial charge in [-0.25, -0.2) is 0 Å². The van der Waals surface area contributed by atoms with Crippen molar-refractivity contribution in [2.75, 3.05) is 47.1 Å². The number of aryl methyl sites for hydroxylation is 1. The third kappa shape index (κ3) is 4.48. The smallest absolute Gasteiger partial charge is 0.252 e. The van der Waals surface area contributed by atoms with E-state index in [1.165, 1.54) is 23.3 Å². The standard InChI is InChI=1S/C23H30N2O4S/c1-27-20-8-7-16(13-21(20)28-2)19(25-9-11-29-12-10-25)14-24-23(26)18-15-30-22-6-4-3-5-17(18)22/h7-8,13,15,19H,3-6,9-12,14H2,1-2H3,(H,24,26)/t19-/m0/s1. The van der Waals surface area contributed by atoms with Gasteiger partial charge in [0.1, 0.15) is 0 Å². The third-order valence-electron chi connectivity index (χ3n) is 6.04. The SMILES string of the molecule is COc1ccc([C@H](CNC(=O)c2csc3c2CCCC3)N2CCOCC2)cc1OC. The lowest BCUT2D eigenvalue weighted by Gasteiger charge is -2.35. The summed E-state index contributed by atoms with van der Waals surface area (Å²) in [4.78, 5) is 16.8. The second-order valence-electron chi connectivity index (χ2n) is 7.75. The second-order valence-corrected chi connectivity index (χ2v) is 8.71. The molecule has 7 heteroatoms. The van der Waals surface area contributed by atoms with Crippen molar-refractivity contribution in [3.8, 4) is 11.5 Å². The number of methoxy groups -OCH3 is 2. The van der Waals surface area contributed by atoms with Crippen LogP contribution in [0.4, 0.5) is 0 Å². The predicted octanol–water partition coefficient (Wildman–Crippen LogP) is 3.45. The maximum atomic E-state index is 13.0. The molecule has 1 N–H and O–H groups in total. The van der Waals surface area contributed by atoms with Crippen LogP contribution in [0.3, 0.4) is 0 Å². The Hall–Kier alpha value is -2.09. The summed E-state index contributed by atoms with van der Waals surface area (Å²) in [6.07, 6.45) is 4.53. The van der Waals surface area contributed by atoms with Crippen molar-refractivity contribution in [3.63, 3.8) is 0 Å². The van der Waals surface area contributed by atoms with Gasteiger partial charge in [0.15, 0.2) is 11.5 Å². The highest BCUT2D eigenvalue weighted by Crippen LogP contribution is 2.33. The van der Waals surface area contributed by atoms with E-state index in [4.69, 9.17) is 14.2 Å². The van der Waals surface area contributed by atoms with Gasteiger partial charge in [0, 0.05) is 29.9 Å². The van der Waals surface area contributed by atoms with Gasteiger partial charge in [0.25, 0.3) is 5.91 Å². The molecule has 1 amide bonds. The molecule has 2 aliphatic rings. The number of carbonyl (C=O) groups excluding carboxylic acids is 1. The summed E-state index contributed by atoms with van der Waals surface area (Å²) < 4.78 is 16.4. The zero-order valence-corrected chi connectivity index (χ0v) is 18.6. The highest BCUT2D eigenvalue weighted by atomic mass is 32.1. The molecule has 1 atom stereocenters. The number of nitrogens with zero attached hydrogens (tertiary/aromatic N) is 1. The fraction of sp³-hybridized carbons (Fsp3) is 0.522. The van der Waals surface area contributed by atoms with Crippen LogP contribution >= 0.6 is 11.3 Å². The number of carbonyl (C=O) groups is 1. The number of nitrogens with one attached hydrogen (secondary N) is 1. The molecule has 4 rings (SSSR count). The molecule has 0 radical (unpaired) electrons. The maximum absolute atomic E-state index is 13.0. The summed E-state index contributed by atoms with van der Waals surface area (Å²) in [5.74, 6) is 1.44. The Labute approximate surface area is 182 Å². The maximum Gasteiger partial charge on any atom is 0.252 e. The van der Waals surface area contributed by atoms with Gasteiger partial charge < -0.3 is 19.5 Å². The minimum atomic E-state index is 0.0353. The Morgan fingerprint density at radius 1 is 1.17 bits per heavy atom. The van der Waals surface area contributed by atoms with Crippen molar-refractivity contribution in [1.82, 2.24) is 10.2 Å². The molecular weight excluding hydrogens is 400 g/mol. The van der Waals surface area contributed by atoms with E-state index in [9.17, 15) is 4.79 Å². The molecule has 0 bridgehead atoms. The highest BCUT2D eigenvalue weighted by Gasteiger charge is 2.26. The molecule has 30 heavy (non-hydrogen) atoms. The van der Waals surface area contributed by atoms with Gasteiger partial charge >= 0.3 is 0 Å². The fourth-order valence-corrected chi connectivity index (χ4v) is 5.50. The quantitative estimate of drug-likeness (QED) is 0.729. The Balaban J connectivity index is 1.53. The number of benzene rings is 1. The monoisotopic (exact) mass is 430 g/mol. The van der Waals surface area contributed by atoms with E-state index in [0.717, 1.165) is 37.1 Å². The molecule has 2 aromatic rings. The number of morpholine rings is 1. The molecule has 1 aromatic carbocycles. The first-order valence-electron chi connectivity index (χ1n) is 10.6. The van der Waals surface area contributed by atoms with E-state index in [2.05, 4.69) is 16.3 Å². The molecule has 1 saturated heterocycles. The number of rotatable bonds is 7. The summed E-state index contributed by atoms with van der Waals surface area (Å²) in [5.41, 5.74) is 3.22. The average molecular weight is 431 g/mol. The number of hydrogen-bond acceptors (Lipinski definition) is 6. The highest BCUT2D eigenvalue weighted by molar-refractivity contribution is 7.10. The van der Waals surface area contributed by atoms with Crippen molar-refractivity contribution in [3.05, 3.63) is 45.1 Å². The molecule has 0 unspecified atom stereocenters. The molecule has 1 aliphatic heterocycles. The van der Waals surface area contributed by atoms with Gasteiger partial charge in [-0.05, 0) is 48.9 Å². The van der Waals surface area contributed by atoms with Crippen LogP contribution in [0, 0.1) is 0 Å². The first kappa shape index (κ1) is 21.2. The Morgan fingerprint density at radius 3 is 2.70 bits per heavy atom. The van der Waals surface area contributed by atoms with Crippen LogP contribution < -0.4 is 14.8 Å². The molecule has 162 valence electrons. The van der Waals surface area contributed by atoms with Gasteiger partial charge in [-0.3, -0.25) is 9.69 Å². The molecule has 2 heterocycles. The molecule has 1 aliphatic carbocycles. The molecule has 0 saturated carbocycles. The number of thiophene rings is 1. The van der Waals surface area contributed by atoms with Crippen molar-refractivity contribution in [2.24, 2.45) is 0 Å². The van der Waals surface area contributed by atoms with E-state index in [0.29, 0.717) is 31.3 Å². The van der Waals surface area contributed by atoms with E-state index in [-0.39, 0.29) is 11.9 Å². The molecule has 1 fully saturated rings. The molecule has 1 aromatic heterocycles. The summed E-state index contributed by atoms with van der Waals surface area (Å²) in [7, 11) is 3.28. The Morgan fingerprint density at radius 2 is 1.93 bits per heavy atom. The minimum Gasteiger partial charge on any atom is -0.493 e. The van der Waals surface area contributed by atoms with Gasteiger partial charge in [-0.2, -0.15) is 0 Å². The lowest BCUT2D eigenvalue weighted by molar-refractivity contribution is 0.0162. The van der Waals surface area contributed by atoms with Crippen LogP contribution in [0.25, 0.3) is 0 Å². The second kappa shape index (κ2) is 9.81. The van der Waals surface area contributed by atoms with E-state index < -0.39 is 0 Å². The van der Waals surface area contributed by atoms with E-state index >= 15 is 0 Å². The van der Waals surface area contributed by atoms with Crippen molar-refractivity contribution >= 4 is 17.2 Å². The van der Waals surface area contributed by atoms with Gasteiger partial charge in [0.05, 0.1) is 39.0 Å². The van der Waals surface area contributed by atoms with Crippen LogP contribution in [-0.2, 0) is 17.6 Å². The normalized spacial score (nSPS) is 17.8. The molecule has 0 spiro atoms. The molecule has 6 nitrogen and oxygen atoms in total. The summed E-state index contributed by atoms with van der Waals surface area (Å²) >= 11 is 1.73. The Kier molecular flexibility index (Phi) is 6.92. The minimum absolute atomic E-state index is 0.0353. The van der Waals surface area contributed by atoms with E-state index in [1.807, 2.05) is 17.5 Å². The number of hydrogen-bond donors (Lipinski definition) is 1. The fourth-order valence-electron chi connectivity index (χ4n) is 4.38. The van der Waals surface area contributed by atoms with Gasteiger partial charge in [-0.1, -0.05) is 6.07 Å². The topological polar surface area (TPSA) is 60.0 Å². The number of amides is 1. The lowest BCUT2D eigenvalue weighted by Crippen LogP contribution is -2.43. The first-order valence-corrected chi connectivity index (χ1v) is 11.5. The summed E-state index contributed by atoms with van der Waals surface area (Å²) in [6.45, 7) is 3.62. The van der Waals surface area contributed by atoms with Crippen molar-refractivity contribution in [1.29, 1.82) is 0 Å². The Bertz CT molecular complexity index is 876. The van der Waals surface area contributed by atoms with Crippen LogP contribution in [-0.4, -0.2) is 57.9 Å². The summed E-state index contributed by atoms with van der Waals surface area (Å²) in [5, 5.41) is 5.24. The van der Waals surface area contributed by atoms with E-state index in [1.54, 1.807) is 25.6 Å². The largest absolute Gasteiger partial charge is 0.493 e. The van der Waals surface area contributed by atoms with Gasteiger partial charge in [0.2, 0.25) is 0 Å².